The summed E-state index contributed by atoms with van der Waals surface area (Å²) in [6.45, 7) is 7.03. The summed E-state index contributed by atoms with van der Waals surface area (Å²) >= 11 is 0. The first-order valence-corrected chi connectivity index (χ1v) is 6.61. The van der Waals surface area contributed by atoms with Gasteiger partial charge in [0.1, 0.15) is 0 Å². The molecule has 0 aliphatic rings. The van der Waals surface area contributed by atoms with E-state index >= 15 is 0 Å². The van der Waals surface area contributed by atoms with Gasteiger partial charge in [0.25, 0.3) is 0 Å². The predicted octanol–water partition coefficient (Wildman–Crippen LogP) is 4.12. The van der Waals surface area contributed by atoms with Gasteiger partial charge in [0.2, 0.25) is 0 Å². The van der Waals surface area contributed by atoms with Crippen LogP contribution in [-0.2, 0) is 6.54 Å². The molecular formula is C17H20N2. The molecule has 2 rings (SSSR count). The zero-order chi connectivity index (χ0) is 13.5. The molecule has 2 aromatic rings. The van der Waals surface area contributed by atoms with E-state index in [1.54, 1.807) is 0 Å². The lowest BCUT2D eigenvalue weighted by Gasteiger charge is -2.27. The van der Waals surface area contributed by atoms with E-state index < -0.39 is 0 Å². The molecule has 0 radical (unpaired) electrons. The smallest absolute Gasteiger partial charge is 0.0573 e. The third-order valence-corrected chi connectivity index (χ3v) is 3.02. The zero-order valence-electron chi connectivity index (χ0n) is 11.3. The second-order valence-corrected chi connectivity index (χ2v) is 4.41. The summed E-state index contributed by atoms with van der Waals surface area (Å²) in [6, 6.07) is 20.6. The first-order valence-electron chi connectivity index (χ1n) is 6.61. The molecule has 0 saturated heterocycles. The summed E-state index contributed by atoms with van der Waals surface area (Å²) < 4.78 is 0. The standard InChI is InChI=1S/C17H20N2/c1-3-15(2)19(17-12-8-5-9-13-17)18-14-16-10-6-4-7-11-16/h4-13,18H,2-3,14H2,1H3. The summed E-state index contributed by atoms with van der Waals surface area (Å²) in [7, 11) is 0. The topological polar surface area (TPSA) is 15.3 Å². The molecule has 0 aromatic heterocycles. The Bertz CT molecular complexity index is 505. The minimum absolute atomic E-state index is 0.786. The Morgan fingerprint density at radius 3 is 2.16 bits per heavy atom. The van der Waals surface area contributed by atoms with E-state index in [0.717, 1.165) is 24.4 Å². The highest BCUT2D eigenvalue weighted by molar-refractivity contribution is 5.49. The van der Waals surface area contributed by atoms with E-state index in [-0.39, 0.29) is 0 Å². The summed E-state index contributed by atoms with van der Waals surface area (Å²) in [6.07, 6.45) is 0.913. The average Bonchev–Trinajstić information content (AvgIpc) is 2.49. The largest absolute Gasteiger partial charge is 0.281 e. The maximum Gasteiger partial charge on any atom is 0.0573 e. The molecule has 0 bridgehead atoms. The molecule has 2 aromatic carbocycles. The van der Waals surface area contributed by atoms with Crippen LogP contribution in [0.5, 0.6) is 0 Å². The van der Waals surface area contributed by atoms with Gasteiger partial charge in [-0.1, -0.05) is 62.0 Å². The molecule has 98 valence electrons. The molecule has 0 aliphatic carbocycles. The molecular weight excluding hydrogens is 232 g/mol. The van der Waals surface area contributed by atoms with Gasteiger partial charge in [-0.05, 0) is 24.1 Å². The van der Waals surface area contributed by atoms with Crippen molar-refractivity contribution in [2.45, 2.75) is 19.9 Å². The fraction of sp³-hybridized carbons (Fsp3) is 0.176. The van der Waals surface area contributed by atoms with E-state index in [1.807, 2.05) is 24.3 Å². The van der Waals surface area contributed by atoms with Crippen molar-refractivity contribution in [3.05, 3.63) is 78.5 Å². The van der Waals surface area contributed by atoms with Crippen molar-refractivity contribution in [3.8, 4) is 0 Å². The van der Waals surface area contributed by atoms with Crippen LogP contribution in [0, 0.1) is 0 Å². The molecule has 2 nitrogen and oxygen atoms in total. The van der Waals surface area contributed by atoms with Gasteiger partial charge >= 0.3 is 0 Å². The van der Waals surface area contributed by atoms with Gasteiger partial charge in [-0.2, -0.15) is 0 Å². The van der Waals surface area contributed by atoms with Crippen molar-refractivity contribution in [2.24, 2.45) is 0 Å². The van der Waals surface area contributed by atoms with E-state index in [9.17, 15) is 0 Å². The van der Waals surface area contributed by atoms with Crippen LogP contribution in [0.4, 0.5) is 5.69 Å². The molecule has 0 atom stereocenters. The molecule has 0 aliphatic heterocycles. The van der Waals surface area contributed by atoms with Crippen LogP contribution in [0.1, 0.15) is 18.9 Å². The normalized spacial score (nSPS) is 10.2. The summed E-state index contributed by atoms with van der Waals surface area (Å²) in [4.78, 5) is 0. The quantitative estimate of drug-likeness (QED) is 0.778. The Hall–Kier alpha value is -2.06. The number of benzene rings is 2. The minimum Gasteiger partial charge on any atom is -0.281 e. The highest BCUT2D eigenvalue weighted by Crippen LogP contribution is 2.17. The Kier molecular flexibility index (Phi) is 4.76. The Labute approximate surface area is 115 Å². The Balaban J connectivity index is 2.09. The lowest BCUT2D eigenvalue weighted by Crippen LogP contribution is -2.36. The van der Waals surface area contributed by atoms with Crippen LogP contribution in [0.15, 0.2) is 72.9 Å². The monoisotopic (exact) mass is 252 g/mol. The Morgan fingerprint density at radius 2 is 1.58 bits per heavy atom. The Morgan fingerprint density at radius 1 is 1.00 bits per heavy atom. The van der Waals surface area contributed by atoms with Crippen molar-refractivity contribution in [2.75, 3.05) is 5.01 Å². The molecule has 0 spiro atoms. The van der Waals surface area contributed by atoms with Crippen LogP contribution in [-0.4, -0.2) is 0 Å². The van der Waals surface area contributed by atoms with Gasteiger partial charge in [0.15, 0.2) is 0 Å². The van der Waals surface area contributed by atoms with Gasteiger partial charge < -0.3 is 0 Å². The molecule has 0 fully saturated rings. The van der Waals surface area contributed by atoms with Crippen molar-refractivity contribution >= 4 is 5.69 Å². The van der Waals surface area contributed by atoms with Gasteiger partial charge in [-0.3, -0.25) is 5.01 Å². The average molecular weight is 252 g/mol. The fourth-order valence-corrected chi connectivity index (χ4v) is 1.89. The zero-order valence-corrected chi connectivity index (χ0v) is 11.3. The van der Waals surface area contributed by atoms with E-state index in [4.69, 9.17) is 0 Å². The van der Waals surface area contributed by atoms with Crippen molar-refractivity contribution in [1.82, 2.24) is 5.43 Å². The summed E-state index contributed by atoms with van der Waals surface area (Å²) in [5.41, 5.74) is 6.87. The molecule has 1 N–H and O–H groups in total. The second kappa shape index (κ2) is 6.76. The van der Waals surface area contributed by atoms with Gasteiger partial charge in [0.05, 0.1) is 5.69 Å². The number of nitrogens with zero attached hydrogens (tertiary/aromatic N) is 1. The van der Waals surface area contributed by atoms with Crippen LogP contribution >= 0.6 is 0 Å². The number of hydrogen-bond donors (Lipinski definition) is 1. The maximum absolute atomic E-state index is 4.13. The predicted molar refractivity (Wildman–Crippen MR) is 81.6 cm³/mol. The van der Waals surface area contributed by atoms with Crippen LogP contribution in [0.25, 0.3) is 0 Å². The van der Waals surface area contributed by atoms with Gasteiger partial charge in [-0.25, -0.2) is 5.43 Å². The van der Waals surface area contributed by atoms with E-state index in [0.29, 0.717) is 0 Å². The number of hydrogen-bond acceptors (Lipinski definition) is 2. The van der Waals surface area contributed by atoms with Gasteiger partial charge in [-0.15, -0.1) is 0 Å². The number of hydrazine groups is 1. The van der Waals surface area contributed by atoms with E-state index in [1.165, 1.54) is 5.56 Å². The number of para-hydroxylation sites is 1. The number of nitrogens with one attached hydrogen (secondary N) is 1. The molecule has 0 saturated carbocycles. The van der Waals surface area contributed by atoms with E-state index in [2.05, 4.69) is 60.3 Å². The third-order valence-electron chi connectivity index (χ3n) is 3.02. The molecule has 0 unspecified atom stereocenters. The van der Waals surface area contributed by atoms with Crippen molar-refractivity contribution in [1.29, 1.82) is 0 Å². The molecule has 2 heteroatoms. The SMILES string of the molecule is C=C(CC)N(NCc1ccccc1)c1ccccc1. The number of anilines is 1. The fourth-order valence-electron chi connectivity index (χ4n) is 1.89. The highest BCUT2D eigenvalue weighted by atomic mass is 15.5. The summed E-state index contributed by atoms with van der Waals surface area (Å²) in [5, 5.41) is 2.06. The van der Waals surface area contributed by atoms with Crippen molar-refractivity contribution < 1.29 is 0 Å². The lowest BCUT2D eigenvalue weighted by atomic mass is 10.2. The third kappa shape index (κ3) is 3.70. The maximum atomic E-state index is 4.13. The molecule has 19 heavy (non-hydrogen) atoms. The minimum atomic E-state index is 0.786. The first-order chi connectivity index (χ1) is 9.31. The van der Waals surface area contributed by atoms with Crippen molar-refractivity contribution in [3.63, 3.8) is 0 Å². The molecule has 0 amide bonds. The first kappa shape index (κ1) is 13.4. The molecule has 0 heterocycles. The second-order valence-electron chi connectivity index (χ2n) is 4.41. The lowest BCUT2D eigenvalue weighted by molar-refractivity contribution is 0.667. The van der Waals surface area contributed by atoms with Crippen LogP contribution in [0.3, 0.4) is 0 Å². The van der Waals surface area contributed by atoms with Crippen LogP contribution in [0.2, 0.25) is 0 Å². The van der Waals surface area contributed by atoms with Gasteiger partial charge in [0, 0.05) is 12.2 Å². The van der Waals surface area contributed by atoms with Crippen LogP contribution < -0.4 is 10.4 Å². The highest BCUT2D eigenvalue weighted by Gasteiger charge is 2.07. The number of allylic oxidation sites excluding steroid dienone is 1. The summed E-state index contributed by atoms with van der Waals surface area (Å²) in [5.74, 6) is 0. The number of rotatable bonds is 6.